The number of amides is 1. The first-order chi connectivity index (χ1) is 18.1. The van der Waals surface area contributed by atoms with E-state index in [1.54, 1.807) is 43.6 Å². The first-order valence-corrected chi connectivity index (χ1v) is 11.1. The summed E-state index contributed by atoms with van der Waals surface area (Å²) in [5.74, 6) is -1.06. The fourth-order valence-electron chi connectivity index (χ4n) is 4.00. The number of nitrogens with two attached hydrogens (primary N) is 1. The molecule has 0 aliphatic heterocycles. The average Bonchev–Trinajstić information content (AvgIpc) is 2.89. The number of aromatic nitrogens is 5. The van der Waals surface area contributed by atoms with Crippen molar-refractivity contribution in [3.05, 3.63) is 84.2 Å². The normalized spacial score (nSPS) is 11.5. The van der Waals surface area contributed by atoms with Gasteiger partial charge in [0.05, 0.1) is 11.1 Å². The first-order valence-electron chi connectivity index (χ1n) is 11.1. The number of hydrogen-bond donors (Lipinski definition) is 3. The van der Waals surface area contributed by atoms with Crippen molar-refractivity contribution in [2.45, 2.75) is 13.1 Å². The highest BCUT2D eigenvalue weighted by atomic mass is 19.4. The molecule has 0 fully saturated rings. The number of hydrogen-bond acceptors (Lipinski definition) is 8. The highest BCUT2D eigenvalue weighted by Gasteiger charge is 2.33. The van der Waals surface area contributed by atoms with Crippen molar-refractivity contribution >= 4 is 28.6 Å². The number of aromatic hydroxyl groups is 1. The first kappa shape index (κ1) is 24.6. The average molecular weight is 517 g/mol. The van der Waals surface area contributed by atoms with Crippen molar-refractivity contribution in [3.8, 4) is 28.0 Å². The van der Waals surface area contributed by atoms with Crippen LogP contribution in [0.1, 0.15) is 21.6 Å². The van der Waals surface area contributed by atoms with Crippen molar-refractivity contribution in [1.29, 1.82) is 0 Å². The summed E-state index contributed by atoms with van der Waals surface area (Å²) in [6.45, 7) is 1.80. The second-order valence-corrected chi connectivity index (χ2v) is 8.32. The molecule has 12 heteroatoms. The summed E-state index contributed by atoms with van der Waals surface area (Å²) in [5, 5.41) is 14.4. The largest absolute Gasteiger partial charge is 0.507 e. The van der Waals surface area contributed by atoms with E-state index in [0.29, 0.717) is 39.2 Å². The second-order valence-electron chi connectivity index (χ2n) is 8.32. The molecule has 9 nitrogen and oxygen atoms in total. The number of rotatable bonds is 4. The quantitative estimate of drug-likeness (QED) is 0.302. The minimum atomic E-state index is -4.69. The van der Waals surface area contributed by atoms with E-state index in [1.807, 2.05) is 0 Å². The lowest BCUT2D eigenvalue weighted by Gasteiger charge is -2.16. The molecule has 38 heavy (non-hydrogen) atoms. The van der Waals surface area contributed by atoms with E-state index in [0.717, 1.165) is 11.9 Å². The van der Waals surface area contributed by atoms with Crippen molar-refractivity contribution in [2.75, 3.05) is 11.1 Å². The summed E-state index contributed by atoms with van der Waals surface area (Å²) in [6.07, 6.45) is 0.719. The van der Waals surface area contributed by atoms with E-state index in [1.165, 1.54) is 18.3 Å². The van der Waals surface area contributed by atoms with Gasteiger partial charge in [-0.3, -0.25) is 9.78 Å². The molecule has 3 heterocycles. The van der Waals surface area contributed by atoms with E-state index in [2.05, 4.69) is 30.2 Å². The predicted molar refractivity (Wildman–Crippen MR) is 134 cm³/mol. The van der Waals surface area contributed by atoms with Crippen LogP contribution in [0.4, 0.5) is 24.9 Å². The second kappa shape index (κ2) is 9.39. The van der Waals surface area contributed by atoms with Crippen LogP contribution in [0, 0.1) is 6.92 Å². The van der Waals surface area contributed by atoms with Crippen molar-refractivity contribution in [3.63, 3.8) is 0 Å². The van der Waals surface area contributed by atoms with Gasteiger partial charge in [0.2, 0.25) is 5.95 Å². The van der Waals surface area contributed by atoms with Gasteiger partial charge in [-0.15, -0.1) is 0 Å². The van der Waals surface area contributed by atoms with Crippen LogP contribution in [0.2, 0.25) is 0 Å². The van der Waals surface area contributed by atoms with Crippen LogP contribution in [0.15, 0.2) is 67.4 Å². The molecule has 0 saturated carbocycles. The Bertz CT molecular complexity index is 1690. The van der Waals surface area contributed by atoms with Crippen LogP contribution >= 0.6 is 0 Å². The van der Waals surface area contributed by atoms with Crippen LogP contribution < -0.4 is 11.1 Å². The van der Waals surface area contributed by atoms with Crippen molar-refractivity contribution < 1.29 is 23.1 Å². The molecule has 190 valence electrons. The Morgan fingerprint density at radius 1 is 1.00 bits per heavy atom. The molecule has 0 aliphatic carbocycles. The zero-order chi connectivity index (χ0) is 27.0. The third kappa shape index (κ3) is 4.66. The van der Waals surface area contributed by atoms with Gasteiger partial charge in [-0.05, 0) is 53.9 Å². The number of halogens is 3. The SMILES string of the molecule is Cc1ccc(C(=O)Nc2cc(C(F)(F)F)ncn2)cc1-c1cc2cnc(N)nc2c(-c2ccncc2)c1O. The van der Waals surface area contributed by atoms with Gasteiger partial charge in [0.1, 0.15) is 23.6 Å². The van der Waals surface area contributed by atoms with E-state index in [4.69, 9.17) is 5.73 Å². The van der Waals surface area contributed by atoms with E-state index in [-0.39, 0.29) is 23.1 Å². The van der Waals surface area contributed by atoms with Crippen LogP contribution in [-0.4, -0.2) is 35.9 Å². The molecule has 4 N–H and O–H groups in total. The minimum absolute atomic E-state index is 0.0354. The van der Waals surface area contributed by atoms with E-state index < -0.39 is 17.8 Å². The maximum absolute atomic E-state index is 13.0. The van der Waals surface area contributed by atoms with Gasteiger partial charge in [-0.2, -0.15) is 13.2 Å². The van der Waals surface area contributed by atoms with Crippen molar-refractivity contribution in [1.82, 2.24) is 24.9 Å². The Balaban J connectivity index is 1.60. The maximum atomic E-state index is 13.0. The number of fused-ring (bicyclic) bond motifs is 1. The fourth-order valence-corrected chi connectivity index (χ4v) is 4.00. The molecular weight excluding hydrogens is 499 g/mol. The van der Waals surface area contributed by atoms with E-state index in [9.17, 15) is 23.1 Å². The van der Waals surface area contributed by atoms with Crippen molar-refractivity contribution in [2.24, 2.45) is 0 Å². The van der Waals surface area contributed by atoms with Gasteiger partial charge in [0.15, 0.2) is 0 Å². The molecule has 0 spiro atoms. The maximum Gasteiger partial charge on any atom is 0.433 e. The van der Waals surface area contributed by atoms with Crippen LogP contribution in [0.5, 0.6) is 5.75 Å². The Morgan fingerprint density at radius 3 is 2.50 bits per heavy atom. The summed E-state index contributed by atoms with van der Waals surface area (Å²) in [4.78, 5) is 32.2. The Kier molecular flexibility index (Phi) is 6.07. The minimum Gasteiger partial charge on any atom is -0.507 e. The lowest BCUT2D eigenvalue weighted by Crippen LogP contribution is -2.15. The zero-order valence-corrected chi connectivity index (χ0v) is 19.7. The predicted octanol–water partition coefficient (Wildman–Crippen LogP) is 5.02. The standard InChI is InChI=1S/C26H18F3N7O2/c1-13-2-3-15(24(38)35-20-10-19(26(27,28)29)33-12-34-20)8-17(13)18-9-16-11-32-25(30)36-22(16)21(23(18)37)14-4-6-31-7-5-14/h2-12,37H,1H3,(H2,30,32,36)(H,33,34,35,38). The highest BCUT2D eigenvalue weighted by Crippen LogP contribution is 2.43. The number of anilines is 2. The lowest BCUT2D eigenvalue weighted by atomic mass is 9.91. The van der Waals surface area contributed by atoms with Gasteiger partial charge in [0.25, 0.3) is 5.91 Å². The molecular formula is C26H18F3N7O2. The monoisotopic (exact) mass is 517 g/mol. The number of benzene rings is 2. The number of alkyl halides is 3. The number of aryl methyl sites for hydroxylation is 1. The van der Waals surface area contributed by atoms with Crippen LogP contribution in [-0.2, 0) is 6.18 Å². The fraction of sp³-hybridized carbons (Fsp3) is 0.0769. The lowest BCUT2D eigenvalue weighted by molar-refractivity contribution is -0.141. The Labute approximate surface area is 213 Å². The molecule has 0 bridgehead atoms. The summed E-state index contributed by atoms with van der Waals surface area (Å²) >= 11 is 0. The summed E-state index contributed by atoms with van der Waals surface area (Å²) < 4.78 is 39.0. The molecule has 0 aliphatic rings. The van der Waals surface area contributed by atoms with Gasteiger partial charge in [-0.25, -0.2) is 19.9 Å². The number of nitrogen functional groups attached to an aromatic ring is 1. The number of carbonyl (C=O) groups is 1. The molecule has 0 atom stereocenters. The van der Waals surface area contributed by atoms with Gasteiger partial charge in [0, 0.05) is 41.2 Å². The number of nitrogens with zero attached hydrogens (tertiary/aromatic N) is 5. The number of carbonyl (C=O) groups excluding carboxylic acids is 1. The Morgan fingerprint density at radius 2 is 1.76 bits per heavy atom. The van der Waals surface area contributed by atoms with Crippen LogP contribution in [0.25, 0.3) is 33.2 Å². The topological polar surface area (TPSA) is 140 Å². The molecule has 0 unspecified atom stereocenters. The molecule has 5 aromatic rings. The number of nitrogens with one attached hydrogen (secondary N) is 1. The smallest absolute Gasteiger partial charge is 0.433 e. The van der Waals surface area contributed by atoms with Gasteiger partial charge in [-0.1, -0.05) is 6.07 Å². The van der Waals surface area contributed by atoms with Gasteiger partial charge < -0.3 is 16.2 Å². The number of phenols is 1. The summed E-state index contributed by atoms with van der Waals surface area (Å²) in [7, 11) is 0. The summed E-state index contributed by atoms with van der Waals surface area (Å²) in [6, 6.07) is 10.5. The Hall–Kier alpha value is -5.13. The number of phenolic OH excluding ortho intramolecular Hbond substituents is 1. The molecule has 0 radical (unpaired) electrons. The third-order valence-electron chi connectivity index (χ3n) is 5.82. The molecule has 1 amide bonds. The molecule has 0 saturated heterocycles. The number of pyridine rings is 1. The van der Waals surface area contributed by atoms with E-state index >= 15 is 0 Å². The molecule has 2 aromatic carbocycles. The molecule has 5 rings (SSSR count). The van der Waals surface area contributed by atoms with Crippen LogP contribution in [0.3, 0.4) is 0 Å². The zero-order valence-electron chi connectivity index (χ0n) is 19.7. The third-order valence-corrected chi connectivity index (χ3v) is 5.82. The summed E-state index contributed by atoms with van der Waals surface area (Å²) in [5.41, 5.74) is 7.88. The highest BCUT2D eigenvalue weighted by molar-refractivity contribution is 6.06. The van der Waals surface area contributed by atoms with Gasteiger partial charge >= 0.3 is 6.18 Å². The molecule has 3 aromatic heterocycles.